The molecule has 2 heteroatoms. The van der Waals surface area contributed by atoms with Crippen molar-refractivity contribution in [3.05, 3.63) is 47.6 Å². The third-order valence-electron chi connectivity index (χ3n) is 7.01. The van der Waals surface area contributed by atoms with Gasteiger partial charge in [0.1, 0.15) is 0 Å². The van der Waals surface area contributed by atoms with Crippen LogP contribution in [0.1, 0.15) is 38.5 Å². The topological polar surface area (TPSA) is 0 Å². The second-order valence-corrected chi connectivity index (χ2v) is 14.7. The van der Waals surface area contributed by atoms with Crippen molar-refractivity contribution in [2.75, 3.05) is 0 Å². The van der Waals surface area contributed by atoms with E-state index in [-0.39, 0.29) is 26.2 Å². The van der Waals surface area contributed by atoms with Crippen LogP contribution in [-0.4, -0.2) is 8.07 Å². The zero-order chi connectivity index (χ0) is 16.0. The van der Waals surface area contributed by atoms with Crippen molar-refractivity contribution in [3.8, 4) is 0 Å². The third kappa shape index (κ3) is 3.35. The van der Waals surface area contributed by atoms with Gasteiger partial charge in [0.05, 0.1) is 0 Å². The summed E-state index contributed by atoms with van der Waals surface area (Å²) in [6.07, 6.45) is 22.9. The van der Waals surface area contributed by atoms with Crippen molar-refractivity contribution in [1.82, 2.24) is 0 Å². The molecule has 0 bridgehead atoms. The maximum Gasteiger partial charge on any atom is 0.0486 e. The van der Waals surface area contributed by atoms with E-state index < -0.39 is 8.07 Å². The molecule has 2 fully saturated rings. The Morgan fingerprint density at radius 1 is 0.792 bits per heavy atom. The molecule has 0 nitrogen and oxygen atoms in total. The molecule has 0 spiro atoms. The van der Waals surface area contributed by atoms with Crippen molar-refractivity contribution in [2.24, 2.45) is 23.7 Å². The standard InChI is InChI=1S/C22H32Si.Zr/c1-23(2,3)22(20-14-12-16-8-4-6-10-18(16)20)21-15-13-17-9-5-7-11-19(17)21;/h4-7,10-11,16-17,20-22H,8-9,12-15H2,1-3H3;. The van der Waals surface area contributed by atoms with E-state index in [2.05, 4.69) is 56.1 Å². The zero-order valence-electron chi connectivity index (χ0n) is 15.6. The Kier molecular flexibility index (Phi) is 5.77. The Bertz CT molecular complexity index is 544. The van der Waals surface area contributed by atoms with Crippen molar-refractivity contribution in [3.63, 3.8) is 0 Å². The van der Waals surface area contributed by atoms with Crippen molar-refractivity contribution in [1.29, 1.82) is 0 Å². The van der Waals surface area contributed by atoms with E-state index in [9.17, 15) is 0 Å². The van der Waals surface area contributed by atoms with Gasteiger partial charge < -0.3 is 0 Å². The van der Waals surface area contributed by atoms with Crippen LogP contribution in [0, 0.1) is 23.7 Å². The zero-order valence-corrected chi connectivity index (χ0v) is 19.1. The molecule has 0 aromatic carbocycles. The average molecular weight is 416 g/mol. The first kappa shape index (κ1) is 18.8. The minimum atomic E-state index is -1.20. The molecule has 0 amide bonds. The Morgan fingerprint density at radius 2 is 1.25 bits per heavy atom. The van der Waals surface area contributed by atoms with Crippen molar-refractivity contribution in [2.45, 2.75) is 63.7 Å². The Hall–Kier alpha value is 0.0600. The van der Waals surface area contributed by atoms with Gasteiger partial charge in [-0.3, -0.25) is 0 Å². The van der Waals surface area contributed by atoms with Crippen LogP contribution in [-0.2, 0) is 26.2 Å². The van der Waals surface area contributed by atoms with Crippen molar-refractivity contribution >= 4 is 8.07 Å². The maximum atomic E-state index is 2.64. The summed E-state index contributed by atoms with van der Waals surface area (Å²) in [6.45, 7) is 7.91. The van der Waals surface area contributed by atoms with Crippen molar-refractivity contribution < 1.29 is 26.2 Å². The smallest absolute Gasteiger partial charge is 0.0486 e. The Balaban J connectivity index is 0.00000169. The van der Waals surface area contributed by atoms with E-state index in [1.807, 2.05) is 11.1 Å². The van der Waals surface area contributed by atoms with Gasteiger partial charge in [0.2, 0.25) is 0 Å². The quantitative estimate of drug-likeness (QED) is 0.460. The molecule has 0 aliphatic heterocycles. The van der Waals surface area contributed by atoms with E-state index in [0.29, 0.717) is 0 Å². The molecule has 4 aliphatic rings. The van der Waals surface area contributed by atoms with Gasteiger partial charge in [-0.15, -0.1) is 0 Å². The molecule has 2 saturated carbocycles. The van der Waals surface area contributed by atoms with E-state index in [4.69, 9.17) is 0 Å². The van der Waals surface area contributed by atoms with Gasteiger partial charge in [0.25, 0.3) is 0 Å². The molecule has 0 aromatic heterocycles. The molecule has 0 N–H and O–H groups in total. The van der Waals surface area contributed by atoms with Crippen LogP contribution in [0.4, 0.5) is 0 Å². The van der Waals surface area contributed by atoms with Crippen LogP contribution in [0.25, 0.3) is 0 Å². The number of fused-ring (bicyclic) bond motifs is 2. The third-order valence-corrected chi connectivity index (χ3v) is 9.81. The number of allylic oxidation sites excluding steroid dienone is 8. The summed E-state index contributed by atoms with van der Waals surface area (Å²) >= 11 is 0. The summed E-state index contributed by atoms with van der Waals surface area (Å²) in [4.78, 5) is 0. The number of rotatable bonds is 3. The first-order chi connectivity index (χ1) is 11.1. The van der Waals surface area contributed by atoms with Gasteiger partial charge in [-0.2, -0.15) is 0 Å². The monoisotopic (exact) mass is 414 g/mol. The summed E-state index contributed by atoms with van der Waals surface area (Å²) in [5.41, 5.74) is 4.61. The molecule has 4 rings (SSSR count). The second kappa shape index (κ2) is 7.36. The summed E-state index contributed by atoms with van der Waals surface area (Å²) in [5, 5.41) is 0. The second-order valence-electron chi connectivity index (χ2n) is 9.31. The molecule has 128 valence electrons. The maximum absolute atomic E-state index is 2.64. The van der Waals surface area contributed by atoms with Gasteiger partial charge in [0, 0.05) is 34.3 Å². The molecule has 4 unspecified atom stereocenters. The fourth-order valence-electron chi connectivity index (χ4n) is 6.17. The van der Waals surface area contributed by atoms with Crippen LogP contribution in [0.3, 0.4) is 0 Å². The molecular weight excluding hydrogens is 384 g/mol. The van der Waals surface area contributed by atoms with Gasteiger partial charge >= 0.3 is 0 Å². The summed E-state index contributed by atoms with van der Waals surface area (Å²) in [5.74, 6) is 3.52. The predicted molar refractivity (Wildman–Crippen MR) is 103 cm³/mol. The minimum Gasteiger partial charge on any atom is -0.0839 e. The fourth-order valence-corrected chi connectivity index (χ4v) is 9.30. The molecule has 4 atom stereocenters. The molecule has 0 saturated heterocycles. The normalized spacial score (nSPS) is 35.6. The van der Waals surface area contributed by atoms with Crippen LogP contribution in [0.5, 0.6) is 0 Å². The molecule has 4 aliphatic carbocycles. The first-order valence-electron chi connectivity index (χ1n) is 9.79. The number of hydrogen-bond acceptors (Lipinski definition) is 0. The van der Waals surface area contributed by atoms with E-state index in [0.717, 1.165) is 29.2 Å². The fraction of sp³-hybridized carbons (Fsp3) is 0.636. The molecular formula is C22H32SiZr. The van der Waals surface area contributed by atoms with Crippen LogP contribution >= 0.6 is 0 Å². The minimum absolute atomic E-state index is 0. The van der Waals surface area contributed by atoms with E-state index >= 15 is 0 Å². The van der Waals surface area contributed by atoms with E-state index in [1.54, 1.807) is 0 Å². The summed E-state index contributed by atoms with van der Waals surface area (Å²) in [6, 6.07) is 0. The first-order valence-corrected chi connectivity index (χ1v) is 13.4. The van der Waals surface area contributed by atoms with E-state index in [1.165, 1.54) is 38.5 Å². The van der Waals surface area contributed by atoms with Gasteiger partial charge in [-0.25, -0.2) is 0 Å². The molecule has 24 heavy (non-hydrogen) atoms. The predicted octanol–water partition coefficient (Wildman–Crippen LogP) is 6.52. The average Bonchev–Trinajstić information content (AvgIpc) is 3.12. The largest absolute Gasteiger partial charge is 0.0839 e. The van der Waals surface area contributed by atoms with Crippen LogP contribution in [0.15, 0.2) is 47.6 Å². The van der Waals surface area contributed by atoms with Gasteiger partial charge in [0.15, 0.2) is 0 Å². The Labute approximate surface area is 168 Å². The summed E-state index contributed by atoms with van der Waals surface area (Å²) in [7, 11) is -1.20. The van der Waals surface area contributed by atoms with Gasteiger partial charge in [-0.05, 0) is 67.7 Å². The molecule has 0 radical (unpaired) electrons. The Morgan fingerprint density at radius 3 is 1.67 bits per heavy atom. The van der Waals surface area contributed by atoms with Crippen LogP contribution in [0.2, 0.25) is 25.2 Å². The number of hydrogen-bond donors (Lipinski definition) is 0. The van der Waals surface area contributed by atoms with Gasteiger partial charge in [-0.1, -0.05) is 67.2 Å². The SMILES string of the molecule is C[Si](C)(C)C(C1CCC2CC=CC=C21)C1CCC2CC=CC=C21.[Zr]. The molecule has 0 heterocycles. The van der Waals surface area contributed by atoms with Crippen LogP contribution < -0.4 is 0 Å². The summed E-state index contributed by atoms with van der Waals surface area (Å²) < 4.78 is 0. The molecule has 0 aromatic rings.